The van der Waals surface area contributed by atoms with Crippen molar-refractivity contribution in [2.45, 2.75) is 57.5 Å². The molecule has 2 atom stereocenters. The van der Waals surface area contributed by atoms with Gasteiger partial charge in [-0.3, -0.25) is 0 Å². The average molecular weight is 383 g/mol. The molecule has 4 rings (SSSR count). The molecule has 2 fully saturated rings. The van der Waals surface area contributed by atoms with Gasteiger partial charge in [-0.25, -0.2) is 14.4 Å². The maximum Gasteiger partial charge on any atom is 0.187 e. The van der Waals surface area contributed by atoms with Gasteiger partial charge in [0.15, 0.2) is 11.6 Å². The Hall–Kier alpha value is -2.50. The van der Waals surface area contributed by atoms with Gasteiger partial charge in [0.25, 0.3) is 0 Å². The fourth-order valence-corrected chi connectivity index (χ4v) is 3.87. The molecule has 1 saturated carbocycles. The summed E-state index contributed by atoms with van der Waals surface area (Å²) in [6, 6.07) is 7.93. The third kappa shape index (κ3) is 4.16. The zero-order valence-electron chi connectivity index (χ0n) is 16.4. The third-order valence-electron chi connectivity index (χ3n) is 5.55. The van der Waals surface area contributed by atoms with Crippen LogP contribution in [0.5, 0.6) is 5.75 Å². The molecule has 148 valence electrons. The Morgan fingerprint density at radius 3 is 2.68 bits per heavy atom. The number of rotatable bonds is 7. The van der Waals surface area contributed by atoms with Crippen LogP contribution in [0.4, 0.5) is 10.2 Å². The van der Waals surface area contributed by atoms with Crippen LogP contribution in [0.15, 0.2) is 30.6 Å². The molecule has 0 bridgehead atoms. The minimum Gasteiger partial charge on any atom is -0.489 e. The van der Waals surface area contributed by atoms with Crippen LogP contribution in [0, 0.1) is 5.82 Å². The van der Waals surface area contributed by atoms with Gasteiger partial charge in [0.2, 0.25) is 0 Å². The van der Waals surface area contributed by atoms with Crippen molar-refractivity contribution in [2.24, 2.45) is 0 Å². The Labute approximate surface area is 164 Å². The summed E-state index contributed by atoms with van der Waals surface area (Å²) in [5.41, 5.74) is 1.69. The lowest BCUT2D eigenvalue weighted by Crippen LogP contribution is -2.26. The number of benzene rings is 1. The van der Waals surface area contributed by atoms with E-state index in [1.165, 1.54) is 6.33 Å². The molecule has 2 aromatic rings. The minimum absolute atomic E-state index is 0.000710. The highest BCUT2D eigenvalue weighted by molar-refractivity contribution is 5.76. The lowest BCUT2D eigenvalue weighted by atomic mass is 9.96. The molecule has 1 aliphatic carbocycles. The molecular weight excluding hydrogens is 357 g/mol. The van der Waals surface area contributed by atoms with Gasteiger partial charge in [0.05, 0.1) is 12.2 Å². The van der Waals surface area contributed by atoms with Crippen LogP contribution in [0.3, 0.4) is 0 Å². The highest BCUT2D eigenvalue weighted by Crippen LogP contribution is 2.41. The number of hydrogen-bond acceptors (Lipinski definition) is 5. The smallest absolute Gasteiger partial charge is 0.187 e. The summed E-state index contributed by atoms with van der Waals surface area (Å²) in [7, 11) is 0. The Balaban J connectivity index is 1.37. The van der Waals surface area contributed by atoms with E-state index in [9.17, 15) is 9.18 Å². The van der Waals surface area contributed by atoms with Crippen molar-refractivity contribution in [1.29, 1.82) is 0 Å². The van der Waals surface area contributed by atoms with Gasteiger partial charge < -0.3 is 14.4 Å². The van der Waals surface area contributed by atoms with Crippen LogP contribution in [0.2, 0.25) is 0 Å². The predicted octanol–water partition coefficient (Wildman–Crippen LogP) is 4.23. The predicted molar refractivity (Wildman–Crippen MR) is 105 cm³/mol. The first kappa shape index (κ1) is 18.8. The van der Waals surface area contributed by atoms with Crippen molar-refractivity contribution in [3.63, 3.8) is 0 Å². The number of halogens is 1. The van der Waals surface area contributed by atoms with Crippen LogP contribution in [-0.2, 0) is 4.79 Å². The van der Waals surface area contributed by atoms with Gasteiger partial charge in [-0.1, -0.05) is 19.1 Å². The number of ketones is 1. The summed E-state index contributed by atoms with van der Waals surface area (Å²) < 4.78 is 20.8. The molecular formula is C22H26FN3O2. The summed E-state index contributed by atoms with van der Waals surface area (Å²) >= 11 is 0. The number of carbonyl (C=O) groups excluding carboxylic acids is 1. The van der Waals surface area contributed by atoms with Gasteiger partial charge in [0, 0.05) is 25.3 Å². The topological polar surface area (TPSA) is 55.3 Å². The second-order valence-electron chi connectivity index (χ2n) is 8.02. The Kier molecular flexibility index (Phi) is 5.29. The van der Waals surface area contributed by atoms with E-state index in [2.05, 4.69) is 16.9 Å². The molecule has 5 nitrogen and oxygen atoms in total. The van der Waals surface area contributed by atoms with Crippen molar-refractivity contribution in [3.05, 3.63) is 47.7 Å². The molecule has 1 saturated heterocycles. The van der Waals surface area contributed by atoms with Crippen LogP contribution < -0.4 is 9.64 Å². The second kappa shape index (κ2) is 7.86. The van der Waals surface area contributed by atoms with Crippen LogP contribution in [0.1, 0.15) is 62.6 Å². The number of carbonyl (C=O) groups is 1. The molecule has 2 heterocycles. The summed E-state index contributed by atoms with van der Waals surface area (Å²) in [6.07, 6.45) is 4.87. The van der Waals surface area contributed by atoms with E-state index in [0.29, 0.717) is 24.5 Å². The van der Waals surface area contributed by atoms with Gasteiger partial charge in [0.1, 0.15) is 24.0 Å². The quantitative estimate of drug-likeness (QED) is 0.716. The summed E-state index contributed by atoms with van der Waals surface area (Å²) in [4.78, 5) is 21.6. The van der Waals surface area contributed by atoms with E-state index in [0.717, 1.165) is 37.1 Å². The molecule has 28 heavy (non-hydrogen) atoms. The molecule has 0 radical (unpaired) electrons. The molecule has 1 aliphatic heterocycles. The number of aromatic nitrogens is 2. The highest BCUT2D eigenvalue weighted by Gasteiger charge is 2.33. The first-order chi connectivity index (χ1) is 13.5. The van der Waals surface area contributed by atoms with Crippen molar-refractivity contribution in [1.82, 2.24) is 9.97 Å². The van der Waals surface area contributed by atoms with E-state index in [4.69, 9.17) is 4.74 Å². The van der Waals surface area contributed by atoms with E-state index < -0.39 is 0 Å². The maximum absolute atomic E-state index is 14.7. The minimum atomic E-state index is -0.269. The van der Waals surface area contributed by atoms with Crippen LogP contribution in [0.25, 0.3) is 0 Å². The lowest BCUT2D eigenvalue weighted by molar-refractivity contribution is -0.117. The van der Waals surface area contributed by atoms with Gasteiger partial charge in [-0.05, 0) is 43.4 Å². The normalized spacial score (nSPS) is 20.2. The molecule has 0 amide bonds. The summed E-state index contributed by atoms with van der Waals surface area (Å²) in [5.74, 6) is 1.59. The second-order valence-corrected chi connectivity index (χ2v) is 8.02. The Bertz CT molecular complexity index is 851. The molecule has 1 aromatic heterocycles. The van der Waals surface area contributed by atoms with E-state index >= 15 is 0 Å². The fraction of sp³-hybridized carbons (Fsp3) is 0.500. The largest absolute Gasteiger partial charge is 0.489 e. The molecule has 0 N–H and O–H groups in total. The standard InChI is InChI=1S/C22H26FN3O2/c1-14(11-15(2)27)16-5-7-18(8-6-16)28-19-9-10-26(12-19)22-20(23)21(17-3-4-17)24-13-25-22/h5-8,13-14,17,19H,3-4,9-12H2,1-2H3/t14-,19-/m1/s1. The SMILES string of the molecule is CC(=O)C[C@@H](C)c1ccc(O[C@@H]2CCN(c3ncnc(C4CC4)c3F)C2)cc1. The third-order valence-corrected chi connectivity index (χ3v) is 5.55. The van der Waals surface area contributed by atoms with Crippen LogP contribution in [-0.4, -0.2) is 34.9 Å². The Morgan fingerprint density at radius 2 is 2.00 bits per heavy atom. The summed E-state index contributed by atoms with van der Waals surface area (Å²) in [5, 5.41) is 0. The van der Waals surface area contributed by atoms with E-state index in [-0.39, 0.29) is 29.5 Å². The van der Waals surface area contributed by atoms with E-state index in [1.54, 1.807) is 6.92 Å². The summed E-state index contributed by atoms with van der Waals surface area (Å²) in [6.45, 7) is 5.00. The lowest BCUT2D eigenvalue weighted by Gasteiger charge is -2.19. The fourth-order valence-electron chi connectivity index (χ4n) is 3.87. The van der Waals surface area contributed by atoms with Gasteiger partial charge >= 0.3 is 0 Å². The number of hydrogen-bond donors (Lipinski definition) is 0. The molecule has 6 heteroatoms. The first-order valence-electron chi connectivity index (χ1n) is 10.0. The average Bonchev–Trinajstić information content (AvgIpc) is 3.41. The first-order valence-corrected chi connectivity index (χ1v) is 10.0. The van der Waals surface area contributed by atoms with Crippen molar-refractivity contribution in [2.75, 3.05) is 18.0 Å². The molecule has 1 aromatic carbocycles. The van der Waals surface area contributed by atoms with Gasteiger partial charge in [-0.15, -0.1) is 0 Å². The number of Topliss-reactive ketones (excluding diaryl/α,β-unsaturated/α-hetero) is 1. The monoisotopic (exact) mass is 383 g/mol. The Morgan fingerprint density at radius 1 is 1.25 bits per heavy atom. The zero-order valence-corrected chi connectivity index (χ0v) is 16.4. The number of nitrogens with zero attached hydrogens (tertiary/aromatic N) is 3. The number of ether oxygens (including phenoxy) is 1. The highest BCUT2D eigenvalue weighted by atomic mass is 19.1. The van der Waals surface area contributed by atoms with Crippen molar-refractivity contribution < 1.29 is 13.9 Å². The number of anilines is 1. The van der Waals surface area contributed by atoms with Crippen LogP contribution >= 0.6 is 0 Å². The van der Waals surface area contributed by atoms with E-state index in [1.807, 2.05) is 29.2 Å². The molecule has 2 aliphatic rings. The van der Waals surface area contributed by atoms with Gasteiger partial charge in [-0.2, -0.15) is 0 Å². The van der Waals surface area contributed by atoms with Crippen molar-refractivity contribution in [3.8, 4) is 5.75 Å². The molecule has 0 unspecified atom stereocenters. The van der Waals surface area contributed by atoms with Crippen molar-refractivity contribution >= 4 is 11.6 Å². The zero-order chi connectivity index (χ0) is 19.7. The molecule has 0 spiro atoms. The maximum atomic E-state index is 14.7.